The number of amides is 2. The Morgan fingerprint density at radius 2 is 2.22 bits per heavy atom. The second-order valence-corrected chi connectivity index (χ2v) is 6.05. The molecule has 2 aromatic heterocycles. The van der Waals surface area contributed by atoms with Gasteiger partial charge in [0.2, 0.25) is 5.88 Å². The van der Waals surface area contributed by atoms with Crippen molar-refractivity contribution in [2.45, 2.75) is 12.6 Å². The topological polar surface area (TPSA) is 66.5 Å². The van der Waals surface area contributed by atoms with Gasteiger partial charge in [0.15, 0.2) is 0 Å². The van der Waals surface area contributed by atoms with E-state index < -0.39 is 0 Å². The molecule has 0 saturated heterocycles. The molecule has 23 heavy (non-hydrogen) atoms. The fourth-order valence-corrected chi connectivity index (χ4v) is 2.94. The molecule has 2 rings (SSSR count). The fourth-order valence-electron chi connectivity index (χ4n) is 2.23. The van der Waals surface area contributed by atoms with Gasteiger partial charge >= 0.3 is 6.03 Å². The number of nitrogens with zero attached hydrogens (tertiary/aromatic N) is 2. The van der Waals surface area contributed by atoms with E-state index >= 15 is 0 Å². The zero-order chi connectivity index (χ0) is 16.7. The molecule has 0 fully saturated rings. The summed E-state index contributed by atoms with van der Waals surface area (Å²) in [5, 5.41) is 9.88. The van der Waals surface area contributed by atoms with Crippen LogP contribution in [0.25, 0.3) is 0 Å². The number of methoxy groups -OCH3 is 1. The van der Waals surface area contributed by atoms with Crippen LogP contribution in [0.5, 0.6) is 5.88 Å². The maximum absolute atomic E-state index is 12.0. The van der Waals surface area contributed by atoms with Gasteiger partial charge in [0, 0.05) is 24.8 Å². The van der Waals surface area contributed by atoms with Crippen molar-refractivity contribution in [1.29, 1.82) is 0 Å². The van der Waals surface area contributed by atoms with Crippen molar-refractivity contribution < 1.29 is 9.53 Å². The third kappa shape index (κ3) is 4.94. The number of hydrogen-bond acceptors (Lipinski definition) is 5. The van der Waals surface area contributed by atoms with Crippen molar-refractivity contribution in [3.8, 4) is 5.88 Å². The van der Waals surface area contributed by atoms with Crippen LogP contribution in [0.1, 0.15) is 17.2 Å². The van der Waals surface area contributed by atoms with E-state index in [2.05, 4.69) is 32.0 Å². The van der Waals surface area contributed by atoms with E-state index in [1.54, 1.807) is 24.6 Å². The van der Waals surface area contributed by atoms with Gasteiger partial charge in [-0.1, -0.05) is 6.07 Å². The SMILES string of the molecule is COc1ncccc1CNC(=O)NC[C@H](c1ccsc1)N(C)C. The number of rotatable bonds is 7. The third-order valence-electron chi connectivity index (χ3n) is 3.49. The highest BCUT2D eigenvalue weighted by atomic mass is 32.1. The molecule has 0 aliphatic carbocycles. The Hall–Kier alpha value is -2.12. The molecule has 0 spiro atoms. The molecular weight excluding hydrogens is 312 g/mol. The van der Waals surface area contributed by atoms with Crippen molar-refractivity contribution >= 4 is 17.4 Å². The molecule has 0 saturated carbocycles. The van der Waals surface area contributed by atoms with E-state index in [-0.39, 0.29) is 12.1 Å². The normalized spacial score (nSPS) is 12.0. The summed E-state index contributed by atoms with van der Waals surface area (Å²) in [5.41, 5.74) is 2.04. The Labute approximate surface area is 140 Å². The van der Waals surface area contributed by atoms with Crippen molar-refractivity contribution in [1.82, 2.24) is 20.5 Å². The summed E-state index contributed by atoms with van der Waals surface area (Å²) in [7, 11) is 5.57. The molecule has 2 heterocycles. The smallest absolute Gasteiger partial charge is 0.315 e. The summed E-state index contributed by atoms with van der Waals surface area (Å²) in [5.74, 6) is 0.525. The quantitative estimate of drug-likeness (QED) is 0.815. The number of ether oxygens (including phenoxy) is 1. The molecule has 124 valence electrons. The minimum atomic E-state index is -0.210. The predicted octanol–water partition coefficient (Wildman–Crippen LogP) is 2.25. The van der Waals surface area contributed by atoms with Crippen LogP contribution < -0.4 is 15.4 Å². The minimum Gasteiger partial charge on any atom is -0.481 e. The number of urea groups is 1. The molecule has 0 aliphatic heterocycles. The molecule has 0 radical (unpaired) electrons. The molecule has 0 unspecified atom stereocenters. The third-order valence-corrected chi connectivity index (χ3v) is 4.19. The lowest BCUT2D eigenvalue weighted by molar-refractivity contribution is 0.232. The van der Waals surface area contributed by atoms with Crippen LogP contribution in [0.3, 0.4) is 0 Å². The predicted molar refractivity (Wildman–Crippen MR) is 91.8 cm³/mol. The molecule has 6 nitrogen and oxygen atoms in total. The zero-order valence-electron chi connectivity index (χ0n) is 13.6. The second kappa shape index (κ2) is 8.50. The van der Waals surface area contributed by atoms with E-state index in [0.29, 0.717) is 19.0 Å². The molecule has 0 bridgehead atoms. The average Bonchev–Trinajstić information content (AvgIpc) is 3.07. The summed E-state index contributed by atoms with van der Waals surface area (Å²) in [6.07, 6.45) is 1.66. The van der Waals surface area contributed by atoms with Crippen LogP contribution in [-0.4, -0.2) is 43.7 Å². The summed E-state index contributed by atoms with van der Waals surface area (Å²) in [6, 6.07) is 5.71. The van der Waals surface area contributed by atoms with Crippen LogP contribution >= 0.6 is 11.3 Å². The molecule has 2 aromatic rings. The first kappa shape index (κ1) is 17.2. The van der Waals surface area contributed by atoms with Crippen molar-refractivity contribution in [2.75, 3.05) is 27.7 Å². The first-order valence-corrected chi connectivity index (χ1v) is 8.24. The van der Waals surface area contributed by atoms with E-state index in [1.165, 1.54) is 5.56 Å². The standard InChI is InChI=1S/C16H22N4O2S/c1-20(2)14(13-6-8-23-11-13)10-19-16(21)18-9-12-5-4-7-17-15(12)22-3/h4-8,11,14H,9-10H2,1-3H3,(H2,18,19,21)/t14-/m1/s1. The molecule has 0 aromatic carbocycles. The maximum atomic E-state index is 12.0. The largest absolute Gasteiger partial charge is 0.481 e. The molecule has 2 N–H and O–H groups in total. The molecule has 7 heteroatoms. The number of aromatic nitrogens is 1. The number of carbonyl (C=O) groups is 1. The Balaban J connectivity index is 1.85. The fraction of sp³-hybridized carbons (Fsp3) is 0.375. The highest BCUT2D eigenvalue weighted by Gasteiger charge is 2.15. The highest BCUT2D eigenvalue weighted by molar-refractivity contribution is 7.07. The number of hydrogen-bond donors (Lipinski definition) is 2. The van der Waals surface area contributed by atoms with Gasteiger partial charge in [-0.25, -0.2) is 9.78 Å². The van der Waals surface area contributed by atoms with Gasteiger partial charge in [-0.2, -0.15) is 11.3 Å². The molecule has 0 aliphatic rings. The molecule has 1 atom stereocenters. The first-order valence-electron chi connectivity index (χ1n) is 7.30. The first-order chi connectivity index (χ1) is 11.1. The second-order valence-electron chi connectivity index (χ2n) is 5.27. The number of pyridine rings is 1. The van der Waals surface area contributed by atoms with E-state index in [4.69, 9.17) is 4.74 Å². The van der Waals surface area contributed by atoms with E-state index in [9.17, 15) is 4.79 Å². The van der Waals surface area contributed by atoms with Crippen LogP contribution in [0.2, 0.25) is 0 Å². The van der Waals surface area contributed by atoms with Gasteiger partial charge < -0.3 is 20.3 Å². The van der Waals surface area contributed by atoms with Gasteiger partial charge in [-0.3, -0.25) is 0 Å². The average molecular weight is 334 g/mol. The summed E-state index contributed by atoms with van der Waals surface area (Å²) < 4.78 is 5.17. The monoisotopic (exact) mass is 334 g/mol. The minimum absolute atomic E-state index is 0.153. The lowest BCUT2D eigenvalue weighted by Gasteiger charge is -2.24. The van der Waals surface area contributed by atoms with Gasteiger partial charge in [-0.15, -0.1) is 0 Å². The number of nitrogens with one attached hydrogen (secondary N) is 2. The summed E-state index contributed by atoms with van der Waals surface area (Å²) in [6.45, 7) is 0.910. The lowest BCUT2D eigenvalue weighted by Crippen LogP contribution is -2.40. The Morgan fingerprint density at radius 3 is 2.87 bits per heavy atom. The lowest BCUT2D eigenvalue weighted by atomic mass is 10.1. The maximum Gasteiger partial charge on any atom is 0.315 e. The van der Waals surface area contributed by atoms with Crippen molar-refractivity contribution in [3.63, 3.8) is 0 Å². The summed E-state index contributed by atoms with van der Waals surface area (Å²) in [4.78, 5) is 18.2. The molecule has 2 amide bonds. The van der Waals surface area contributed by atoms with E-state index in [0.717, 1.165) is 5.56 Å². The Morgan fingerprint density at radius 1 is 1.39 bits per heavy atom. The van der Waals surface area contributed by atoms with Crippen molar-refractivity contribution in [2.24, 2.45) is 0 Å². The van der Waals surface area contributed by atoms with Crippen LogP contribution in [0.4, 0.5) is 4.79 Å². The number of thiophene rings is 1. The van der Waals surface area contributed by atoms with Gasteiger partial charge in [0.1, 0.15) is 0 Å². The van der Waals surface area contributed by atoms with Crippen LogP contribution in [-0.2, 0) is 6.54 Å². The van der Waals surface area contributed by atoms with Gasteiger partial charge in [0.25, 0.3) is 0 Å². The van der Waals surface area contributed by atoms with Crippen molar-refractivity contribution in [3.05, 3.63) is 46.3 Å². The summed E-state index contributed by atoms with van der Waals surface area (Å²) >= 11 is 1.66. The zero-order valence-corrected chi connectivity index (χ0v) is 14.4. The highest BCUT2D eigenvalue weighted by Crippen LogP contribution is 2.20. The Bertz CT molecular complexity index is 616. The van der Waals surface area contributed by atoms with E-state index in [1.807, 2.05) is 31.6 Å². The number of carbonyl (C=O) groups excluding carboxylic acids is 1. The van der Waals surface area contributed by atoms with Gasteiger partial charge in [-0.05, 0) is 42.6 Å². The molecular formula is C16H22N4O2S. The van der Waals surface area contributed by atoms with Crippen LogP contribution in [0, 0.1) is 0 Å². The number of likely N-dealkylation sites (N-methyl/N-ethyl adjacent to an activating group) is 1. The van der Waals surface area contributed by atoms with Crippen LogP contribution in [0.15, 0.2) is 35.2 Å². The Kier molecular flexibility index (Phi) is 6.37. The van der Waals surface area contributed by atoms with Gasteiger partial charge in [0.05, 0.1) is 13.2 Å².